The van der Waals surface area contributed by atoms with Crippen LogP contribution < -0.4 is 14.2 Å². The van der Waals surface area contributed by atoms with E-state index in [2.05, 4.69) is 149 Å². The third-order valence-corrected chi connectivity index (χ3v) is 34.0. The number of thiophene rings is 3. The van der Waals surface area contributed by atoms with Crippen LogP contribution in [0.5, 0.6) is 0 Å². The van der Waals surface area contributed by atoms with Crippen LogP contribution in [0.4, 0.5) is 0 Å². The minimum Gasteiger partial charge on any atom is -0.379 e. The molecule has 0 atom stereocenters. The summed E-state index contributed by atoms with van der Waals surface area (Å²) < 4.78 is 109. The molecule has 2 aliphatic heterocycles. The number of benzene rings is 11. The first-order valence-corrected chi connectivity index (χ1v) is 53.6. The lowest BCUT2D eigenvalue weighted by Gasteiger charge is -2.25. The Balaban J connectivity index is 0.000000145. The minimum absolute atomic E-state index is 0.125. The molecule has 3 N–H and O–H groups in total. The minimum atomic E-state index is -4.25. The van der Waals surface area contributed by atoms with Crippen LogP contribution in [-0.2, 0) is 103 Å². The third-order valence-electron chi connectivity index (χ3n) is 25.0. The Morgan fingerprint density at radius 2 is 0.640 bits per heavy atom. The van der Waals surface area contributed by atoms with Gasteiger partial charge in [0.25, 0.3) is 41.9 Å². The van der Waals surface area contributed by atoms with E-state index in [4.69, 9.17) is 24.4 Å². The number of sulfonamides is 3. The van der Waals surface area contributed by atoms with Gasteiger partial charge in [-0.3, -0.25) is 24.2 Å². The van der Waals surface area contributed by atoms with E-state index >= 15 is 0 Å². The molecule has 0 aliphatic carbocycles. The van der Waals surface area contributed by atoms with E-state index in [0.29, 0.717) is 93.4 Å². The fourth-order valence-corrected chi connectivity index (χ4v) is 26.5. The molecule has 22 nitrogen and oxygen atoms in total. The van der Waals surface area contributed by atoms with Crippen molar-refractivity contribution in [2.24, 2.45) is 0 Å². The summed E-state index contributed by atoms with van der Waals surface area (Å²) >= 11 is 3.63. The van der Waals surface area contributed by atoms with Gasteiger partial charge in [0.2, 0.25) is 5.91 Å². The summed E-state index contributed by atoms with van der Waals surface area (Å²) in [5.41, 5.74) is 24.0. The molecule has 2 saturated heterocycles. The molecule has 0 bridgehead atoms. The van der Waals surface area contributed by atoms with Crippen LogP contribution in [0.3, 0.4) is 0 Å². The Morgan fingerprint density at radius 3 is 0.964 bits per heavy atom. The molecule has 11 aromatic carbocycles. The van der Waals surface area contributed by atoms with Crippen molar-refractivity contribution in [2.45, 2.75) is 139 Å². The molecule has 0 saturated carbocycles. The number of imidazole rings is 3. The molecule has 2 aliphatic rings. The smallest absolute Gasteiger partial charge is 0.274 e. The number of carbonyl (C=O) groups is 3. The summed E-state index contributed by atoms with van der Waals surface area (Å²) in [6.45, 7) is 27.9. The predicted octanol–water partition coefficient (Wildman–Crippen LogP) is 21.1. The second-order valence-corrected chi connectivity index (χ2v) is 44.4. The van der Waals surface area contributed by atoms with Crippen molar-refractivity contribution in [3.05, 3.63) is 389 Å². The highest BCUT2D eigenvalue weighted by atomic mass is 32.3. The zero-order chi connectivity index (χ0) is 97.2. The molecule has 2 fully saturated rings. The fourth-order valence-electron chi connectivity index (χ4n) is 18.2. The van der Waals surface area contributed by atoms with Gasteiger partial charge in [-0.15, -0.1) is 34.0 Å². The summed E-state index contributed by atoms with van der Waals surface area (Å²) in [6, 6.07) is 88.2. The molecule has 19 rings (SSSR count). The summed E-state index contributed by atoms with van der Waals surface area (Å²) in [5.74, 6) is 0.393. The number of ether oxygens (including phenoxy) is 2. The van der Waals surface area contributed by atoms with Crippen LogP contribution in [0, 0.1) is 41.5 Å². The molecule has 8 heterocycles. The van der Waals surface area contributed by atoms with Gasteiger partial charge in [-0.1, -0.05) is 239 Å². The zero-order valence-corrected chi connectivity index (χ0v) is 84.1. The Labute approximate surface area is 824 Å². The molecule has 0 spiro atoms. The van der Waals surface area contributed by atoms with Gasteiger partial charge in [-0.05, 0) is 186 Å². The van der Waals surface area contributed by atoms with Gasteiger partial charge in [0, 0.05) is 127 Å². The van der Waals surface area contributed by atoms with Crippen molar-refractivity contribution in [1.82, 2.24) is 52.6 Å². The molecule has 28 heteroatoms. The topological polar surface area (TPSA) is 268 Å². The number of aromatic nitrogens is 6. The van der Waals surface area contributed by atoms with Crippen molar-refractivity contribution in [3.8, 4) is 33.4 Å². The molecule has 17 aromatic rings. The average molecular weight is 1970 g/mol. The number of carbonyl (C=O) groups excluding carboxylic acids is 3. The van der Waals surface area contributed by atoms with Crippen LogP contribution in [0.25, 0.3) is 66.5 Å². The second-order valence-electron chi connectivity index (χ2n) is 35.3. The average Bonchev–Trinajstić information content (AvgIpc) is 1.65. The summed E-state index contributed by atoms with van der Waals surface area (Å²) in [4.78, 5) is 61.7. The van der Waals surface area contributed by atoms with Gasteiger partial charge in [-0.25, -0.2) is 54.4 Å². The molecule has 6 aromatic heterocycles. The Morgan fingerprint density at radius 1 is 0.345 bits per heavy atom. The van der Waals surface area contributed by atoms with E-state index < -0.39 is 53.7 Å². The number of nitrogens with one attached hydrogen (secondary N) is 3. The number of hydrogen-bond donors (Lipinski definition) is 3. The third kappa shape index (κ3) is 22.8. The predicted molar refractivity (Wildman–Crippen MR) is 556 cm³/mol. The Kier molecular flexibility index (Phi) is 30.3. The maximum atomic E-state index is 14.3. The van der Waals surface area contributed by atoms with Crippen molar-refractivity contribution in [2.75, 3.05) is 52.6 Å². The maximum absolute atomic E-state index is 14.3. The lowest BCUT2D eigenvalue weighted by molar-refractivity contribution is -0.119. The van der Waals surface area contributed by atoms with Gasteiger partial charge in [0.1, 0.15) is 30.1 Å². The number of nitrogens with zero attached hydrogens (tertiary/aromatic N) is 8. The SMILES string of the molecule is CCc1nc2c(C)cc(C)cc2n1Cc1ccc(-c2cc(CN3CCOCC3)sc2S(=O)(=O)NC(=O)C(c2ccccc2)c2ccccc2)cc1.CCc1nc2c(C)cc(C)cc2n1Cc1ccc(-c2cc(CN3CCOCC3)sc2S(=O)(=O)NC(=O)c2ccccc2)cc1.CCc1nc2c(C)cc(C)cc2n1Cc1ccc(-c2cc(Cc3ccccc3)sc2S(=O)(=O)NC(=O)c2ccccc2)cc1. The number of rotatable bonds is 29. The van der Waals surface area contributed by atoms with Gasteiger partial charge in [0.05, 0.1) is 65.4 Å². The summed E-state index contributed by atoms with van der Waals surface area (Å²) in [6.07, 6.45) is 3.04. The first kappa shape index (κ1) is 97.7. The van der Waals surface area contributed by atoms with Crippen LogP contribution in [0.1, 0.15) is 146 Å². The Hall–Kier alpha value is -13.0. The number of fused-ring (bicyclic) bond motifs is 3. The zero-order valence-electron chi connectivity index (χ0n) is 79.2. The van der Waals surface area contributed by atoms with Crippen molar-refractivity contribution in [3.63, 3.8) is 0 Å². The monoisotopic (exact) mass is 1970 g/mol. The lowest BCUT2D eigenvalue weighted by Crippen LogP contribution is -2.35. The maximum Gasteiger partial charge on any atom is 0.274 e. The quantitative estimate of drug-likeness (QED) is 0.0393. The lowest BCUT2D eigenvalue weighted by atomic mass is 9.91. The van der Waals surface area contributed by atoms with Crippen LogP contribution in [0.2, 0.25) is 0 Å². The standard InChI is InChI=1S/C41H42N4O4S2.C36H33N3O3S2.C34H36N4O4S2/c1-4-37-42-39-29(3)23-28(2)24-36(39)45(37)26-30-15-17-31(18-16-30)35-25-34(27-44-19-21-49-22-20-44)50-41(35)51(47,48)43-40(46)38(32-11-7-5-8-12-32)33-13-9-6-10-14-33;1-4-33-37-34-25(3)19-24(2)20-32(34)39(33)23-27-15-17-28(18-16-27)31-22-30(21-26-11-7-5-8-12-26)43-36(31)44(41,42)38-35(40)29-13-9-6-10-14-29;1-4-31-35-32-24(3)18-23(2)19-30(32)38(31)21-25-10-12-26(13-11-25)29-20-28(22-37-14-16-42-17-15-37)43-34(29)44(40,41)36-33(39)27-8-6-5-7-9-27/h5-18,23-25,38H,4,19-22,26-27H2,1-3H3,(H,43,46);5-20,22H,4,21,23H2,1-3H3,(H,38,40);5-13,18-20H,4,14-17,21-22H2,1-3H3,(H,36,39). The molecular formula is C111H111N11O11S6. The van der Waals surface area contributed by atoms with Crippen LogP contribution in [-0.4, -0.2) is 134 Å². The van der Waals surface area contributed by atoms with Gasteiger partial charge in [-0.2, -0.15) is 0 Å². The normalized spacial score (nSPS) is 13.3. The number of aryl methyl sites for hydroxylation is 9. The highest BCUT2D eigenvalue weighted by Gasteiger charge is 2.34. The first-order chi connectivity index (χ1) is 67.1. The van der Waals surface area contributed by atoms with E-state index in [9.17, 15) is 39.6 Å². The van der Waals surface area contributed by atoms with Gasteiger partial charge < -0.3 is 23.2 Å². The number of hydrogen-bond acceptors (Lipinski definition) is 19. The molecular weight excluding hydrogens is 1860 g/mol. The largest absolute Gasteiger partial charge is 0.379 e. The Bertz CT molecular complexity index is 7630. The van der Waals surface area contributed by atoms with E-state index in [1.807, 2.05) is 170 Å². The van der Waals surface area contributed by atoms with Crippen molar-refractivity contribution in [1.29, 1.82) is 0 Å². The van der Waals surface area contributed by atoms with E-state index in [1.165, 1.54) is 67.4 Å². The van der Waals surface area contributed by atoms with E-state index in [0.717, 1.165) is 150 Å². The fraction of sp³-hybridized carbons (Fsp3) is 0.243. The molecule has 3 amide bonds. The first-order valence-electron chi connectivity index (χ1n) is 46.7. The highest BCUT2D eigenvalue weighted by Crippen LogP contribution is 2.42. The summed E-state index contributed by atoms with van der Waals surface area (Å²) in [7, 11) is -12.5. The number of morpholine rings is 2. The van der Waals surface area contributed by atoms with Gasteiger partial charge in [0.15, 0.2) is 0 Å². The summed E-state index contributed by atoms with van der Waals surface area (Å²) in [5, 5.41) is 0. The number of amides is 3. The van der Waals surface area contributed by atoms with Crippen molar-refractivity contribution < 1.29 is 49.1 Å². The van der Waals surface area contributed by atoms with E-state index in [1.54, 1.807) is 60.7 Å². The molecule has 139 heavy (non-hydrogen) atoms. The molecule has 0 unspecified atom stereocenters. The van der Waals surface area contributed by atoms with Crippen LogP contribution in [0.15, 0.2) is 292 Å². The molecule has 712 valence electrons. The highest BCUT2D eigenvalue weighted by molar-refractivity contribution is 7.93. The van der Waals surface area contributed by atoms with Crippen molar-refractivity contribution >= 4 is 115 Å². The van der Waals surface area contributed by atoms with Gasteiger partial charge >= 0.3 is 0 Å². The van der Waals surface area contributed by atoms with E-state index in [-0.39, 0.29) is 23.8 Å². The molecule has 0 radical (unpaired) electrons. The second kappa shape index (κ2) is 43.2. The van der Waals surface area contributed by atoms with Crippen LogP contribution >= 0.6 is 34.0 Å².